The second-order valence-corrected chi connectivity index (χ2v) is 12.1. The first-order valence-corrected chi connectivity index (χ1v) is 14.4. The van der Waals surface area contributed by atoms with Crippen molar-refractivity contribution in [1.29, 1.82) is 0 Å². The van der Waals surface area contributed by atoms with Gasteiger partial charge in [0.1, 0.15) is 11.8 Å². The van der Waals surface area contributed by atoms with Gasteiger partial charge in [0.05, 0.1) is 12.8 Å². The van der Waals surface area contributed by atoms with Gasteiger partial charge in [-0.25, -0.2) is 0 Å². The average molecular weight is 525 g/mol. The van der Waals surface area contributed by atoms with Crippen LogP contribution < -0.4 is 14.4 Å². The van der Waals surface area contributed by atoms with Gasteiger partial charge in [-0.2, -0.15) is 0 Å². The van der Waals surface area contributed by atoms with Crippen LogP contribution in [-0.4, -0.2) is 73.6 Å². The Labute approximate surface area is 229 Å². The third kappa shape index (κ3) is 3.05. The molecule has 0 saturated carbocycles. The van der Waals surface area contributed by atoms with E-state index in [2.05, 4.69) is 65.2 Å². The van der Waals surface area contributed by atoms with Crippen molar-refractivity contribution in [3.8, 4) is 11.5 Å². The fraction of sp³-hybridized carbons (Fsp3) is 0.469. The standard InChI is InChI=1S/C32H36N4O3/c1-19-22-18-23-24-17-20-9-10-25(38-3)29-26(20)32(23,11-12-34(24)2)30(39-29)28(22)33-27(19)31(37)36-15-13-35(14-16-36)21-7-5-4-6-8-21/h4-10,23-24,30,33H,11-18H2,1-3H3/t23?,24-,30-,32-/m0/s1. The number of benzene rings is 2. The molecule has 202 valence electrons. The Morgan fingerprint density at radius 1 is 1.05 bits per heavy atom. The van der Waals surface area contributed by atoms with Crippen molar-refractivity contribution in [3.05, 3.63) is 76.1 Å². The lowest BCUT2D eigenvalue weighted by atomic mass is 9.51. The van der Waals surface area contributed by atoms with Crippen LogP contribution in [0, 0.1) is 12.8 Å². The van der Waals surface area contributed by atoms with Crippen LogP contribution in [0.3, 0.4) is 0 Å². The van der Waals surface area contributed by atoms with E-state index >= 15 is 0 Å². The summed E-state index contributed by atoms with van der Waals surface area (Å²) in [6, 6.07) is 15.3. The lowest BCUT2D eigenvalue weighted by Gasteiger charge is -2.57. The molecule has 2 saturated heterocycles. The van der Waals surface area contributed by atoms with Crippen LogP contribution in [0.4, 0.5) is 5.69 Å². The summed E-state index contributed by atoms with van der Waals surface area (Å²) in [6.45, 7) is 6.33. The zero-order chi connectivity index (χ0) is 26.5. The molecule has 4 atom stereocenters. The highest BCUT2D eigenvalue weighted by Gasteiger charge is 2.65. The Balaban J connectivity index is 1.15. The number of methoxy groups -OCH3 is 1. The highest BCUT2D eigenvalue weighted by Crippen LogP contribution is 2.67. The summed E-state index contributed by atoms with van der Waals surface area (Å²) < 4.78 is 12.7. The zero-order valence-corrected chi connectivity index (χ0v) is 23.0. The van der Waals surface area contributed by atoms with Crippen molar-refractivity contribution in [2.24, 2.45) is 5.92 Å². The van der Waals surface area contributed by atoms with Gasteiger partial charge >= 0.3 is 0 Å². The van der Waals surface area contributed by atoms with Crippen LogP contribution >= 0.6 is 0 Å². The fourth-order valence-electron chi connectivity index (χ4n) is 8.62. The number of likely N-dealkylation sites (tertiary alicyclic amines) is 1. The molecule has 3 aliphatic heterocycles. The van der Waals surface area contributed by atoms with Crippen LogP contribution in [0.1, 0.15) is 51.0 Å². The maximum atomic E-state index is 13.9. The first-order chi connectivity index (χ1) is 19.0. The van der Waals surface area contributed by atoms with Crippen molar-refractivity contribution < 1.29 is 14.3 Å². The molecule has 1 N–H and O–H groups in total. The summed E-state index contributed by atoms with van der Waals surface area (Å²) in [5.41, 5.74) is 8.20. The van der Waals surface area contributed by atoms with Crippen molar-refractivity contribution in [1.82, 2.24) is 14.8 Å². The number of anilines is 1. The van der Waals surface area contributed by atoms with E-state index in [1.165, 1.54) is 22.4 Å². The summed E-state index contributed by atoms with van der Waals surface area (Å²) in [6.07, 6.45) is 2.98. The lowest BCUT2D eigenvalue weighted by molar-refractivity contribution is -0.0256. The number of rotatable bonds is 3. The van der Waals surface area contributed by atoms with Gasteiger partial charge in [-0.1, -0.05) is 24.3 Å². The van der Waals surface area contributed by atoms with Crippen molar-refractivity contribution in [2.75, 3.05) is 51.8 Å². The third-order valence-corrected chi connectivity index (χ3v) is 10.6. The molecule has 2 aliphatic carbocycles. The predicted octanol–water partition coefficient (Wildman–Crippen LogP) is 4.10. The van der Waals surface area contributed by atoms with Crippen molar-refractivity contribution in [2.45, 2.75) is 43.7 Å². The molecule has 2 bridgehead atoms. The molecule has 7 nitrogen and oxygen atoms in total. The highest BCUT2D eigenvalue weighted by molar-refractivity contribution is 5.95. The van der Waals surface area contributed by atoms with Crippen molar-refractivity contribution in [3.63, 3.8) is 0 Å². The molecule has 2 aromatic carbocycles. The predicted molar refractivity (Wildman–Crippen MR) is 150 cm³/mol. The minimum atomic E-state index is -0.108. The number of piperidine rings is 1. The molecule has 5 aliphatic rings. The lowest BCUT2D eigenvalue weighted by Crippen LogP contribution is -2.62. The van der Waals surface area contributed by atoms with E-state index in [-0.39, 0.29) is 17.4 Å². The quantitative estimate of drug-likeness (QED) is 0.559. The van der Waals surface area contributed by atoms with Gasteiger partial charge in [0.25, 0.3) is 5.91 Å². The summed E-state index contributed by atoms with van der Waals surface area (Å²) in [5.74, 6) is 2.33. The van der Waals surface area contributed by atoms with E-state index in [9.17, 15) is 4.79 Å². The van der Waals surface area contributed by atoms with E-state index in [4.69, 9.17) is 9.47 Å². The Morgan fingerprint density at radius 3 is 2.62 bits per heavy atom. The molecule has 39 heavy (non-hydrogen) atoms. The number of hydrogen-bond acceptors (Lipinski definition) is 5. The van der Waals surface area contributed by atoms with Crippen LogP contribution in [0.2, 0.25) is 0 Å². The largest absolute Gasteiger partial charge is 0.493 e. The topological polar surface area (TPSA) is 61.0 Å². The van der Waals surface area contributed by atoms with Gasteiger partial charge in [-0.05, 0) is 80.6 Å². The number of carbonyl (C=O) groups is 1. The molecule has 3 aromatic rings. The van der Waals surface area contributed by atoms with Crippen LogP contribution in [0.15, 0.2) is 42.5 Å². The number of nitrogens with zero attached hydrogens (tertiary/aromatic N) is 3. The molecule has 4 heterocycles. The zero-order valence-electron chi connectivity index (χ0n) is 23.0. The average Bonchev–Trinajstić information content (AvgIpc) is 3.49. The number of fused-ring (bicyclic) bond motifs is 2. The normalized spacial score (nSPS) is 28.5. The van der Waals surface area contributed by atoms with Crippen molar-refractivity contribution >= 4 is 11.6 Å². The molecule has 8 rings (SSSR count). The third-order valence-electron chi connectivity index (χ3n) is 10.6. The second kappa shape index (κ2) is 8.28. The molecule has 0 radical (unpaired) electrons. The first kappa shape index (κ1) is 23.4. The summed E-state index contributed by atoms with van der Waals surface area (Å²) in [7, 11) is 4.01. The smallest absolute Gasteiger partial charge is 0.270 e. The number of amides is 1. The number of aromatic nitrogens is 1. The van der Waals surface area contributed by atoms with Gasteiger partial charge in [-0.15, -0.1) is 0 Å². The number of carbonyl (C=O) groups excluding carboxylic acids is 1. The van der Waals surface area contributed by atoms with E-state index < -0.39 is 0 Å². The van der Waals surface area contributed by atoms with Gasteiger partial charge in [0.15, 0.2) is 11.5 Å². The van der Waals surface area contributed by atoms with Gasteiger partial charge in [-0.3, -0.25) is 4.79 Å². The molecule has 1 unspecified atom stereocenters. The van der Waals surface area contributed by atoms with E-state index in [0.29, 0.717) is 12.0 Å². The number of hydrogen-bond donors (Lipinski definition) is 1. The van der Waals surface area contributed by atoms with Gasteiger partial charge < -0.3 is 29.2 Å². The minimum Gasteiger partial charge on any atom is -0.493 e. The van der Waals surface area contributed by atoms with Crippen LogP contribution in [0.25, 0.3) is 0 Å². The maximum absolute atomic E-state index is 13.9. The Morgan fingerprint density at radius 2 is 1.85 bits per heavy atom. The van der Waals surface area contributed by atoms with E-state index in [1.54, 1.807) is 7.11 Å². The van der Waals surface area contributed by atoms with E-state index in [1.807, 2.05) is 11.0 Å². The Bertz CT molecular complexity index is 1470. The maximum Gasteiger partial charge on any atom is 0.270 e. The number of H-pyrrole nitrogens is 1. The van der Waals surface area contributed by atoms with E-state index in [0.717, 1.165) is 80.4 Å². The van der Waals surface area contributed by atoms with Crippen LogP contribution in [0.5, 0.6) is 11.5 Å². The second-order valence-electron chi connectivity index (χ2n) is 12.1. The summed E-state index contributed by atoms with van der Waals surface area (Å²) in [4.78, 5) is 24.6. The summed E-state index contributed by atoms with van der Waals surface area (Å²) in [5, 5.41) is 0. The molecular weight excluding hydrogens is 488 g/mol. The number of likely N-dealkylation sites (N-methyl/N-ethyl adjacent to an activating group) is 1. The molecule has 1 amide bonds. The number of piperazine rings is 1. The minimum absolute atomic E-state index is 0.0689. The molecule has 2 fully saturated rings. The molecule has 1 aromatic heterocycles. The number of ether oxygens (including phenoxy) is 2. The Hall–Kier alpha value is -3.45. The molecule has 1 spiro atoms. The monoisotopic (exact) mass is 524 g/mol. The summed E-state index contributed by atoms with van der Waals surface area (Å²) >= 11 is 0. The molecular formula is C32H36N4O3. The highest BCUT2D eigenvalue weighted by atomic mass is 16.5. The first-order valence-electron chi connectivity index (χ1n) is 14.4. The van der Waals surface area contributed by atoms with Gasteiger partial charge in [0, 0.05) is 48.9 Å². The number of para-hydroxylation sites is 1. The Kier molecular flexibility index (Phi) is 4.97. The molecule has 7 heteroatoms. The SMILES string of the molecule is COc1ccc2c3c1O[C@H]1c4[nH]c(C(=O)N5CCN(c6ccccc6)CC5)c(C)c4CC4[C@H](C2)N(C)CC[C@@]341. The van der Waals surface area contributed by atoms with Gasteiger partial charge in [0.2, 0.25) is 0 Å². The van der Waals surface area contributed by atoms with Crippen LogP contribution in [-0.2, 0) is 18.3 Å². The number of aromatic amines is 1. The number of nitrogens with one attached hydrogen (secondary N) is 1. The fourth-order valence-corrected chi connectivity index (χ4v) is 8.62.